The Morgan fingerprint density at radius 1 is 1.38 bits per heavy atom. The van der Waals surface area contributed by atoms with Gasteiger partial charge in [0, 0.05) is 12.1 Å². The maximum Gasteiger partial charge on any atom is 0.328 e. The first-order chi connectivity index (χ1) is 7.72. The van der Waals surface area contributed by atoms with Crippen molar-refractivity contribution in [1.82, 2.24) is 0 Å². The van der Waals surface area contributed by atoms with Gasteiger partial charge in [0.25, 0.3) is 0 Å². The van der Waals surface area contributed by atoms with Gasteiger partial charge in [-0.25, -0.2) is 4.79 Å². The topological polar surface area (TPSA) is 55.8 Å². The minimum Gasteiger partial charge on any atom is -0.494 e. The number of carboxylic acid groups (broad SMARTS) is 1. The van der Waals surface area contributed by atoms with Gasteiger partial charge in [0.05, 0.1) is 6.61 Å². The van der Waals surface area contributed by atoms with Crippen LogP contribution >= 0.6 is 0 Å². The van der Waals surface area contributed by atoms with Crippen LogP contribution in [0, 0.1) is 0 Å². The molecule has 0 unspecified atom stereocenters. The molecule has 4 heteroatoms. The zero-order valence-corrected chi connectivity index (χ0v) is 9.05. The highest BCUT2D eigenvalue weighted by Crippen LogP contribution is 2.19. The molecule has 0 spiro atoms. The Kier molecular flexibility index (Phi) is 4.92. The minimum absolute atomic E-state index is 0.224. The predicted octanol–water partition coefficient (Wildman–Crippen LogP) is 2.10. The van der Waals surface area contributed by atoms with E-state index >= 15 is 0 Å². The van der Waals surface area contributed by atoms with Crippen LogP contribution in [0.1, 0.15) is 6.92 Å². The molecule has 0 bridgehead atoms. The lowest BCUT2D eigenvalue weighted by atomic mass is 10.3. The van der Waals surface area contributed by atoms with Crippen molar-refractivity contribution in [2.75, 3.05) is 13.2 Å². The van der Waals surface area contributed by atoms with Gasteiger partial charge in [0.2, 0.25) is 0 Å². The molecule has 1 aromatic rings. The molecule has 0 atom stereocenters. The van der Waals surface area contributed by atoms with Gasteiger partial charge in [-0.05, 0) is 25.1 Å². The highest BCUT2D eigenvalue weighted by molar-refractivity contribution is 5.79. The molecule has 86 valence electrons. The summed E-state index contributed by atoms with van der Waals surface area (Å²) in [6.07, 6.45) is 2.49. The Bertz CT molecular complexity index is 371. The van der Waals surface area contributed by atoms with Gasteiger partial charge in [0.15, 0.2) is 0 Å². The first-order valence-electron chi connectivity index (χ1n) is 4.97. The molecule has 4 nitrogen and oxygen atoms in total. The highest BCUT2D eigenvalue weighted by Gasteiger charge is 1.96. The van der Waals surface area contributed by atoms with Gasteiger partial charge in [-0.3, -0.25) is 0 Å². The molecule has 0 aliphatic heterocycles. The molecule has 0 radical (unpaired) electrons. The van der Waals surface area contributed by atoms with Crippen LogP contribution in [0.2, 0.25) is 0 Å². The fourth-order valence-corrected chi connectivity index (χ4v) is 1.11. The van der Waals surface area contributed by atoms with Gasteiger partial charge >= 0.3 is 5.97 Å². The first kappa shape index (κ1) is 12.1. The Morgan fingerprint density at radius 3 is 2.69 bits per heavy atom. The van der Waals surface area contributed by atoms with E-state index < -0.39 is 5.97 Å². The van der Waals surface area contributed by atoms with Crippen molar-refractivity contribution >= 4 is 5.97 Å². The van der Waals surface area contributed by atoms with Crippen LogP contribution in [0.5, 0.6) is 11.5 Å². The summed E-state index contributed by atoms with van der Waals surface area (Å²) in [7, 11) is 0. The smallest absolute Gasteiger partial charge is 0.328 e. The Morgan fingerprint density at radius 2 is 2.06 bits per heavy atom. The number of carboxylic acids is 1. The van der Waals surface area contributed by atoms with Crippen molar-refractivity contribution in [3.05, 3.63) is 36.4 Å². The maximum atomic E-state index is 10.2. The van der Waals surface area contributed by atoms with Crippen LogP contribution in [0.25, 0.3) is 0 Å². The quantitative estimate of drug-likeness (QED) is 0.749. The third-order valence-corrected chi connectivity index (χ3v) is 1.72. The fourth-order valence-electron chi connectivity index (χ4n) is 1.11. The van der Waals surface area contributed by atoms with Gasteiger partial charge in [-0.2, -0.15) is 0 Å². The van der Waals surface area contributed by atoms with Crippen LogP contribution in [-0.2, 0) is 4.79 Å². The van der Waals surface area contributed by atoms with Crippen LogP contribution in [-0.4, -0.2) is 24.3 Å². The summed E-state index contributed by atoms with van der Waals surface area (Å²) >= 11 is 0. The van der Waals surface area contributed by atoms with Gasteiger partial charge in [0.1, 0.15) is 18.1 Å². The molecule has 1 rings (SSSR count). The average molecular weight is 222 g/mol. The molecule has 1 aromatic carbocycles. The average Bonchev–Trinajstić information content (AvgIpc) is 2.25. The molecule has 0 heterocycles. The molecular formula is C12H14O4. The first-order valence-corrected chi connectivity index (χ1v) is 4.97. The molecular weight excluding hydrogens is 208 g/mol. The van der Waals surface area contributed by atoms with Crippen molar-refractivity contribution < 1.29 is 19.4 Å². The predicted molar refractivity (Wildman–Crippen MR) is 59.9 cm³/mol. The maximum absolute atomic E-state index is 10.2. The number of hydrogen-bond donors (Lipinski definition) is 1. The summed E-state index contributed by atoms with van der Waals surface area (Å²) in [5.41, 5.74) is 0. The molecule has 0 fully saturated rings. The van der Waals surface area contributed by atoms with Crippen molar-refractivity contribution in [2.45, 2.75) is 6.92 Å². The van der Waals surface area contributed by atoms with E-state index in [2.05, 4.69) is 0 Å². The van der Waals surface area contributed by atoms with Crippen molar-refractivity contribution in [2.24, 2.45) is 0 Å². The zero-order chi connectivity index (χ0) is 11.8. The monoisotopic (exact) mass is 222 g/mol. The van der Waals surface area contributed by atoms with Gasteiger partial charge < -0.3 is 14.6 Å². The SMILES string of the molecule is CCOc1cccc(OCC=CC(=O)O)c1. The van der Waals surface area contributed by atoms with Gasteiger partial charge in [-0.1, -0.05) is 6.07 Å². The molecule has 0 aromatic heterocycles. The second-order valence-electron chi connectivity index (χ2n) is 2.96. The van der Waals surface area contributed by atoms with E-state index in [9.17, 15) is 4.79 Å². The molecule has 1 N–H and O–H groups in total. The van der Waals surface area contributed by atoms with E-state index in [0.717, 1.165) is 11.8 Å². The summed E-state index contributed by atoms with van der Waals surface area (Å²) in [5, 5.41) is 8.36. The van der Waals surface area contributed by atoms with Crippen LogP contribution in [0.4, 0.5) is 0 Å². The number of hydrogen-bond acceptors (Lipinski definition) is 3. The van der Waals surface area contributed by atoms with E-state index in [-0.39, 0.29) is 6.61 Å². The molecule has 0 saturated carbocycles. The largest absolute Gasteiger partial charge is 0.494 e. The van der Waals surface area contributed by atoms with Crippen molar-refractivity contribution in [3.63, 3.8) is 0 Å². The number of benzene rings is 1. The van der Waals surface area contributed by atoms with Crippen LogP contribution in [0.3, 0.4) is 0 Å². The Labute approximate surface area is 94.1 Å². The lowest BCUT2D eigenvalue weighted by Crippen LogP contribution is -1.96. The third-order valence-electron chi connectivity index (χ3n) is 1.72. The molecule has 0 saturated heterocycles. The van der Waals surface area contributed by atoms with E-state index in [1.165, 1.54) is 6.08 Å². The minimum atomic E-state index is -0.980. The van der Waals surface area contributed by atoms with Crippen molar-refractivity contribution in [3.8, 4) is 11.5 Å². The standard InChI is InChI=1S/C12H14O4/c1-2-15-10-5-3-6-11(9-10)16-8-4-7-12(13)14/h3-7,9H,2,8H2,1H3,(H,13,14). The van der Waals surface area contributed by atoms with E-state index in [4.69, 9.17) is 14.6 Å². The number of rotatable bonds is 6. The zero-order valence-electron chi connectivity index (χ0n) is 9.05. The van der Waals surface area contributed by atoms with Crippen LogP contribution in [0.15, 0.2) is 36.4 Å². The molecule has 0 aliphatic carbocycles. The molecule has 16 heavy (non-hydrogen) atoms. The number of carbonyl (C=O) groups is 1. The Hall–Kier alpha value is -1.97. The van der Waals surface area contributed by atoms with E-state index in [1.54, 1.807) is 12.1 Å². The van der Waals surface area contributed by atoms with Gasteiger partial charge in [-0.15, -0.1) is 0 Å². The lowest BCUT2D eigenvalue weighted by Gasteiger charge is -2.06. The lowest BCUT2D eigenvalue weighted by molar-refractivity contribution is -0.131. The summed E-state index contributed by atoms with van der Waals surface area (Å²) in [4.78, 5) is 10.2. The Balaban J connectivity index is 2.47. The summed E-state index contributed by atoms with van der Waals surface area (Å²) < 4.78 is 10.6. The normalized spacial score (nSPS) is 10.3. The summed E-state index contributed by atoms with van der Waals surface area (Å²) in [6.45, 7) is 2.73. The second-order valence-corrected chi connectivity index (χ2v) is 2.96. The highest BCUT2D eigenvalue weighted by atomic mass is 16.5. The second kappa shape index (κ2) is 6.50. The number of aliphatic carboxylic acids is 1. The van der Waals surface area contributed by atoms with Crippen LogP contribution < -0.4 is 9.47 Å². The van der Waals surface area contributed by atoms with E-state index in [0.29, 0.717) is 12.4 Å². The summed E-state index contributed by atoms with van der Waals surface area (Å²) in [5.74, 6) is 0.412. The molecule has 0 aliphatic rings. The fraction of sp³-hybridized carbons (Fsp3) is 0.250. The number of ether oxygens (including phenoxy) is 2. The third kappa shape index (κ3) is 4.50. The van der Waals surface area contributed by atoms with Crippen molar-refractivity contribution in [1.29, 1.82) is 0 Å². The molecule has 0 amide bonds. The van der Waals surface area contributed by atoms with E-state index in [1.807, 2.05) is 19.1 Å². The summed E-state index contributed by atoms with van der Waals surface area (Å²) in [6, 6.07) is 7.21.